The molecular formula is C20H16F3NO2S. The second kappa shape index (κ2) is 7.52. The van der Waals surface area contributed by atoms with E-state index in [0.29, 0.717) is 17.4 Å². The minimum Gasteiger partial charge on any atom is -0.480 e. The first-order chi connectivity index (χ1) is 12.8. The monoisotopic (exact) mass is 391 g/mol. The van der Waals surface area contributed by atoms with Crippen LogP contribution < -0.4 is 0 Å². The zero-order chi connectivity index (χ0) is 19.7. The van der Waals surface area contributed by atoms with Crippen LogP contribution in [0.25, 0.3) is 10.9 Å². The summed E-state index contributed by atoms with van der Waals surface area (Å²) in [6.45, 7) is 5.04. The molecule has 7 heteroatoms. The van der Waals surface area contributed by atoms with E-state index in [1.807, 2.05) is 24.3 Å². The number of carbonyl (C=O) groups is 1. The summed E-state index contributed by atoms with van der Waals surface area (Å²) in [4.78, 5) is 11.6. The van der Waals surface area contributed by atoms with Crippen molar-refractivity contribution in [3.05, 3.63) is 76.6 Å². The molecule has 0 saturated heterocycles. The van der Waals surface area contributed by atoms with Crippen molar-refractivity contribution in [2.45, 2.75) is 24.8 Å². The predicted molar refractivity (Wildman–Crippen MR) is 99.3 cm³/mol. The Bertz CT molecular complexity index is 1060. The van der Waals surface area contributed by atoms with E-state index < -0.39 is 23.4 Å². The highest BCUT2D eigenvalue weighted by Crippen LogP contribution is 2.36. The minimum atomic E-state index is -1.23. The molecule has 1 aromatic heterocycles. The number of halogens is 3. The summed E-state index contributed by atoms with van der Waals surface area (Å²) in [5.41, 5.74) is 1.49. The number of hydrogen-bond acceptors (Lipinski definition) is 2. The molecule has 0 atom stereocenters. The number of aliphatic carboxylic acids is 1. The van der Waals surface area contributed by atoms with Gasteiger partial charge in [-0.25, -0.2) is 13.2 Å². The normalized spacial score (nSPS) is 11.1. The Morgan fingerprint density at radius 2 is 1.93 bits per heavy atom. The fraction of sp³-hybridized carbons (Fsp3) is 0.150. The first-order valence-corrected chi connectivity index (χ1v) is 8.88. The maximum atomic E-state index is 14.1. The molecular weight excluding hydrogens is 375 g/mol. The molecule has 27 heavy (non-hydrogen) atoms. The molecule has 0 radical (unpaired) electrons. The quantitative estimate of drug-likeness (QED) is 0.458. The highest BCUT2D eigenvalue weighted by atomic mass is 32.2. The van der Waals surface area contributed by atoms with Crippen LogP contribution in [0.5, 0.6) is 0 Å². The summed E-state index contributed by atoms with van der Waals surface area (Å²) in [7, 11) is 0. The lowest BCUT2D eigenvalue weighted by Crippen LogP contribution is -2.07. The lowest BCUT2D eigenvalue weighted by atomic mass is 10.1. The zero-order valence-electron chi connectivity index (χ0n) is 14.4. The van der Waals surface area contributed by atoms with Crippen LogP contribution >= 0.6 is 11.8 Å². The van der Waals surface area contributed by atoms with Crippen LogP contribution in [0.15, 0.2) is 52.9 Å². The molecule has 3 aromatic rings. The molecule has 0 saturated carbocycles. The molecule has 3 rings (SSSR count). The number of para-hydroxylation sites is 1. The van der Waals surface area contributed by atoms with Gasteiger partial charge in [0.1, 0.15) is 12.4 Å². The van der Waals surface area contributed by atoms with Gasteiger partial charge in [0.15, 0.2) is 11.6 Å². The van der Waals surface area contributed by atoms with Crippen LogP contribution in [0.3, 0.4) is 0 Å². The molecule has 0 unspecified atom stereocenters. The Balaban J connectivity index is 1.89. The van der Waals surface area contributed by atoms with E-state index >= 15 is 0 Å². The second-order valence-electron chi connectivity index (χ2n) is 6.12. The summed E-state index contributed by atoms with van der Waals surface area (Å²) in [5, 5.41) is 9.94. The van der Waals surface area contributed by atoms with E-state index in [1.54, 1.807) is 10.8 Å². The Morgan fingerprint density at radius 3 is 2.63 bits per heavy atom. The van der Waals surface area contributed by atoms with Crippen LogP contribution in [-0.2, 0) is 17.8 Å². The fourth-order valence-corrected chi connectivity index (χ4v) is 3.87. The van der Waals surface area contributed by atoms with Gasteiger partial charge in [-0.3, -0.25) is 4.79 Å². The van der Waals surface area contributed by atoms with E-state index in [0.717, 1.165) is 28.2 Å². The van der Waals surface area contributed by atoms with Crippen LogP contribution in [0.4, 0.5) is 13.2 Å². The minimum absolute atomic E-state index is 0.00632. The molecule has 1 N–H and O–H groups in total. The van der Waals surface area contributed by atoms with Crippen molar-refractivity contribution < 1.29 is 23.1 Å². The van der Waals surface area contributed by atoms with Crippen molar-refractivity contribution in [3.8, 4) is 0 Å². The third-order valence-electron chi connectivity index (χ3n) is 4.16. The number of hydrogen-bond donors (Lipinski definition) is 1. The maximum absolute atomic E-state index is 14.1. The number of thioether (sulfide) groups is 1. The summed E-state index contributed by atoms with van der Waals surface area (Å²) in [6, 6.07) is 7.86. The third-order valence-corrected chi connectivity index (χ3v) is 5.30. The molecule has 0 aliphatic carbocycles. The predicted octanol–water partition coefficient (Wildman–Crippen LogP) is 5.30. The van der Waals surface area contributed by atoms with E-state index in [2.05, 4.69) is 6.58 Å². The SMILES string of the molecule is C=C(Cc1cn(CC(=O)O)c2ccccc12)Sc1c(F)cc(F)c(F)c1C. The van der Waals surface area contributed by atoms with Crippen LogP contribution in [-0.4, -0.2) is 15.6 Å². The molecule has 1 heterocycles. The van der Waals surface area contributed by atoms with Crippen molar-refractivity contribution >= 4 is 28.6 Å². The van der Waals surface area contributed by atoms with Gasteiger partial charge >= 0.3 is 5.97 Å². The molecule has 0 aliphatic rings. The topological polar surface area (TPSA) is 42.2 Å². The Kier molecular flexibility index (Phi) is 5.32. The van der Waals surface area contributed by atoms with Gasteiger partial charge in [0.05, 0.1) is 4.90 Å². The Hall–Kier alpha value is -2.67. The standard InChI is InChI=1S/C20H16F3NO2S/c1-11(27-20-12(2)19(23)15(21)8-16(20)22)7-13-9-24(10-18(25)26)17-6-4-3-5-14(13)17/h3-6,8-9H,1,7,10H2,2H3,(H,25,26). The van der Waals surface area contributed by atoms with E-state index in [4.69, 9.17) is 5.11 Å². The number of benzene rings is 2. The van der Waals surface area contributed by atoms with Gasteiger partial charge in [0.25, 0.3) is 0 Å². The van der Waals surface area contributed by atoms with Crippen molar-refractivity contribution in [3.63, 3.8) is 0 Å². The number of carboxylic acid groups (broad SMARTS) is 1. The highest BCUT2D eigenvalue weighted by molar-refractivity contribution is 8.03. The molecule has 0 bridgehead atoms. The molecule has 0 aliphatic heterocycles. The Morgan fingerprint density at radius 1 is 1.22 bits per heavy atom. The average molecular weight is 391 g/mol. The largest absolute Gasteiger partial charge is 0.480 e. The van der Waals surface area contributed by atoms with E-state index in [1.165, 1.54) is 6.92 Å². The van der Waals surface area contributed by atoms with Gasteiger partial charge in [-0.2, -0.15) is 0 Å². The third kappa shape index (κ3) is 3.88. The first-order valence-electron chi connectivity index (χ1n) is 8.06. The van der Waals surface area contributed by atoms with Crippen LogP contribution in [0.2, 0.25) is 0 Å². The average Bonchev–Trinajstić information content (AvgIpc) is 2.94. The lowest BCUT2D eigenvalue weighted by molar-refractivity contribution is -0.137. The highest BCUT2D eigenvalue weighted by Gasteiger charge is 2.18. The van der Waals surface area contributed by atoms with Gasteiger partial charge in [0, 0.05) is 35.2 Å². The Labute approximate surface area is 158 Å². The first kappa shape index (κ1) is 19.1. The van der Waals surface area contributed by atoms with E-state index in [9.17, 15) is 18.0 Å². The van der Waals surface area contributed by atoms with Gasteiger partial charge in [-0.15, -0.1) is 0 Å². The number of allylic oxidation sites excluding steroid dienone is 1. The van der Waals surface area contributed by atoms with Gasteiger partial charge in [0.2, 0.25) is 0 Å². The zero-order valence-corrected chi connectivity index (χ0v) is 15.2. The number of nitrogens with zero attached hydrogens (tertiary/aromatic N) is 1. The number of aromatic nitrogens is 1. The molecule has 0 spiro atoms. The number of fused-ring (bicyclic) bond motifs is 1. The smallest absolute Gasteiger partial charge is 0.323 e. The molecule has 2 aromatic carbocycles. The van der Waals surface area contributed by atoms with Gasteiger partial charge < -0.3 is 9.67 Å². The van der Waals surface area contributed by atoms with Crippen molar-refractivity contribution in [2.75, 3.05) is 0 Å². The van der Waals surface area contributed by atoms with Gasteiger partial charge in [-0.1, -0.05) is 36.5 Å². The van der Waals surface area contributed by atoms with Crippen LogP contribution in [0, 0.1) is 24.4 Å². The fourth-order valence-electron chi connectivity index (χ4n) is 2.96. The molecule has 140 valence electrons. The van der Waals surface area contributed by atoms with Crippen molar-refractivity contribution in [1.82, 2.24) is 4.57 Å². The maximum Gasteiger partial charge on any atom is 0.323 e. The van der Waals surface area contributed by atoms with Crippen molar-refractivity contribution in [1.29, 1.82) is 0 Å². The van der Waals surface area contributed by atoms with Gasteiger partial charge in [-0.05, 0) is 23.5 Å². The summed E-state index contributed by atoms with van der Waals surface area (Å²) >= 11 is 0.945. The summed E-state index contributed by atoms with van der Waals surface area (Å²) in [5.74, 6) is -4.11. The number of carboxylic acids is 1. The number of rotatable bonds is 6. The molecule has 0 fully saturated rings. The molecule has 0 amide bonds. The molecule has 3 nitrogen and oxygen atoms in total. The van der Waals surface area contributed by atoms with Crippen molar-refractivity contribution in [2.24, 2.45) is 0 Å². The lowest BCUT2D eigenvalue weighted by Gasteiger charge is -2.10. The van der Waals surface area contributed by atoms with E-state index in [-0.39, 0.29) is 17.0 Å². The summed E-state index contributed by atoms with van der Waals surface area (Å²) in [6.07, 6.45) is 2.05. The van der Waals surface area contributed by atoms with Crippen LogP contribution in [0.1, 0.15) is 11.1 Å². The second-order valence-corrected chi connectivity index (χ2v) is 7.31. The summed E-state index contributed by atoms with van der Waals surface area (Å²) < 4.78 is 42.7.